The molecule has 2 aromatic heterocycles. The Hall–Kier alpha value is -2.24. The molecule has 104 valence electrons. The van der Waals surface area contributed by atoms with Gasteiger partial charge >= 0.3 is 0 Å². The van der Waals surface area contributed by atoms with Gasteiger partial charge in [0.15, 0.2) is 0 Å². The summed E-state index contributed by atoms with van der Waals surface area (Å²) in [7, 11) is 0. The lowest BCUT2D eigenvalue weighted by Crippen LogP contribution is -2.34. The summed E-state index contributed by atoms with van der Waals surface area (Å²) >= 11 is 0. The monoisotopic (exact) mass is 271 g/mol. The third-order valence-corrected chi connectivity index (χ3v) is 3.43. The van der Waals surface area contributed by atoms with Gasteiger partial charge in [0.1, 0.15) is 11.6 Å². The Morgan fingerprint density at radius 2 is 2.25 bits per heavy atom. The first-order valence-electron chi connectivity index (χ1n) is 6.82. The van der Waals surface area contributed by atoms with E-state index in [1.165, 1.54) is 0 Å². The molecule has 1 aliphatic rings. The summed E-state index contributed by atoms with van der Waals surface area (Å²) in [4.78, 5) is 20.5. The highest BCUT2D eigenvalue weighted by Crippen LogP contribution is 2.22. The van der Waals surface area contributed by atoms with Crippen molar-refractivity contribution in [1.29, 1.82) is 0 Å². The van der Waals surface area contributed by atoms with Crippen LogP contribution in [-0.4, -0.2) is 25.7 Å². The molecule has 1 N–H and O–H groups in total. The highest BCUT2D eigenvalue weighted by molar-refractivity contribution is 5.78. The maximum atomic E-state index is 12.1. The Bertz CT molecular complexity index is 607. The molecule has 0 aliphatic carbocycles. The number of nitrogens with zero attached hydrogens (tertiary/aromatic N) is 4. The quantitative estimate of drug-likeness (QED) is 0.909. The van der Waals surface area contributed by atoms with Crippen molar-refractivity contribution in [3.63, 3.8) is 0 Å². The van der Waals surface area contributed by atoms with Crippen molar-refractivity contribution in [2.45, 2.75) is 38.8 Å². The molecule has 0 saturated heterocycles. The number of aryl methyl sites for hydroxylation is 2. The first-order valence-corrected chi connectivity index (χ1v) is 6.82. The molecule has 0 spiro atoms. The predicted molar refractivity (Wildman–Crippen MR) is 72.8 cm³/mol. The fraction of sp³-hybridized carbons (Fsp3) is 0.429. The Kier molecular flexibility index (Phi) is 3.45. The molecular formula is C14H17N5O. The number of hydrogen-bond acceptors (Lipinski definition) is 4. The van der Waals surface area contributed by atoms with Gasteiger partial charge in [-0.1, -0.05) is 0 Å². The van der Waals surface area contributed by atoms with E-state index < -0.39 is 0 Å². The topological polar surface area (TPSA) is 72.7 Å². The summed E-state index contributed by atoms with van der Waals surface area (Å²) in [5.41, 5.74) is 0.964. The smallest absolute Gasteiger partial charge is 0.225 e. The van der Waals surface area contributed by atoms with Gasteiger partial charge in [0.05, 0.1) is 12.5 Å². The summed E-state index contributed by atoms with van der Waals surface area (Å²) in [6, 6.07) is 3.68. The van der Waals surface area contributed by atoms with Crippen molar-refractivity contribution in [1.82, 2.24) is 25.1 Å². The van der Waals surface area contributed by atoms with E-state index in [9.17, 15) is 4.79 Å². The molecule has 6 heteroatoms. The maximum Gasteiger partial charge on any atom is 0.225 e. The molecule has 2 aromatic rings. The lowest BCUT2D eigenvalue weighted by Gasteiger charge is -2.23. The Morgan fingerprint density at radius 1 is 1.45 bits per heavy atom. The van der Waals surface area contributed by atoms with Crippen LogP contribution in [0.4, 0.5) is 0 Å². The van der Waals surface area contributed by atoms with Gasteiger partial charge in [0.2, 0.25) is 5.91 Å². The normalized spacial score (nSPS) is 17.6. The number of carbonyl (C=O) groups excluding carboxylic acids is 1. The molecule has 3 heterocycles. The van der Waals surface area contributed by atoms with Gasteiger partial charge in [-0.2, -0.15) is 5.10 Å². The first kappa shape index (κ1) is 12.8. The van der Waals surface area contributed by atoms with Crippen molar-refractivity contribution in [3.8, 4) is 0 Å². The van der Waals surface area contributed by atoms with Crippen LogP contribution in [0.3, 0.4) is 0 Å². The molecule has 1 amide bonds. The zero-order chi connectivity index (χ0) is 13.9. The van der Waals surface area contributed by atoms with E-state index in [0.29, 0.717) is 6.42 Å². The van der Waals surface area contributed by atoms with Crippen LogP contribution >= 0.6 is 0 Å². The van der Waals surface area contributed by atoms with Gasteiger partial charge < -0.3 is 5.32 Å². The number of fused-ring (bicyclic) bond motifs is 1. The molecule has 1 unspecified atom stereocenters. The highest BCUT2D eigenvalue weighted by Gasteiger charge is 2.24. The van der Waals surface area contributed by atoms with Crippen LogP contribution in [-0.2, 0) is 17.8 Å². The number of carbonyl (C=O) groups is 1. The van der Waals surface area contributed by atoms with Gasteiger partial charge in [0, 0.05) is 18.9 Å². The SMILES string of the molecule is Cc1nc2n(n1)CCCC2NC(=O)Cc1ccncc1. The van der Waals surface area contributed by atoms with Crippen molar-refractivity contribution >= 4 is 5.91 Å². The molecule has 0 radical (unpaired) electrons. The number of hydrogen-bond donors (Lipinski definition) is 1. The third-order valence-electron chi connectivity index (χ3n) is 3.43. The maximum absolute atomic E-state index is 12.1. The number of pyridine rings is 1. The highest BCUT2D eigenvalue weighted by atomic mass is 16.1. The number of amides is 1. The zero-order valence-electron chi connectivity index (χ0n) is 11.4. The van der Waals surface area contributed by atoms with Gasteiger partial charge in [-0.05, 0) is 37.5 Å². The van der Waals surface area contributed by atoms with E-state index in [2.05, 4.69) is 20.4 Å². The molecule has 20 heavy (non-hydrogen) atoms. The lowest BCUT2D eigenvalue weighted by atomic mass is 10.1. The molecule has 0 aromatic carbocycles. The van der Waals surface area contributed by atoms with E-state index in [1.807, 2.05) is 23.7 Å². The average molecular weight is 271 g/mol. The molecular weight excluding hydrogens is 254 g/mol. The second-order valence-corrected chi connectivity index (χ2v) is 5.03. The second-order valence-electron chi connectivity index (χ2n) is 5.03. The molecule has 1 atom stereocenters. The molecule has 1 aliphatic heterocycles. The van der Waals surface area contributed by atoms with Crippen molar-refractivity contribution < 1.29 is 4.79 Å². The summed E-state index contributed by atoms with van der Waals surface area (Å²) in [6.45, 7) is 2.76. The van der Waals surface area contributed by atoms with Gasteiger partial charge in [0.25, 0.3) is 0 Å². The van der Waals surface area contributed by atoms with Crippen LogP contribution in [0.15, 0.2) is 24.5 Å². The van der Waals surface area contributed by atoms with E-state index in [-0.39, 0.29) is 11.9 Å². The van der Waals surface area contributed by atoms with Gasteiger partial charge in [-0.25, -0.2) is 9.67 Å². The standard InChI is InChI=1S/C14H17N5O/c1-10-16-14-12(3-2-8-19(14)18-10)17-13(20)9-11-4-6-15-7-5-11/h4-7,12H,2-3,8-9H2,1H3,(H,17,20). The minimum atomic E-state index is -0.0284. The average Bonchev–Trinajstić information content (AvgIpc) is 2.81. The van der Waals surface area contributed by atoms with Crippen LogP contribution in [0, 0.1) is 6.92 Å². The van der Waals surface area contributed by atoms with Crippen molar-refractivity contribution in [2.75, 3.05) is 0 Å². The van der Waals surface area contributed by atoms with E-state index >= 15 is 0 Å². The van der Waals surface area contributed by atoms with Crippen molar-refractivity contribution in [2.24, 2.45) is 0 Å². The molecule has 0 saturated carbocycles. The fourth-order valence-corrected chi connectivity index (χ4v) is 2.54. The Labute approximate surface area is 117 Å². The summed E-state index contributed by atoms with van der Waals surface area (Å²) in [5.74, 6) is 1.64. The summed E-state index contributed by atoms with van der Waals surface area (Å²) < 4.78 is 1.90. The number of rotatable bonds is 3. The molecule has 6 nitrogen and oxygen atoms in total. The minimum absolute atomic E-state index is 0.00954. The van der Waals surface area contributed by atoms with Crippen LogP contribution in [0.2, 0.25) is 0 Å². The molecule has 0 bridgehead atoms. The van der Waals surface area contributed by atoms with Crippen LogP contribution in [0.1, 0.15) is 36.1 Å². The summed E-state index contributed by atoms with van der Waals surface area (Å²) in [6.07, 6.45) is 5.69. The number of aromatic nitrogens is 4. The fourth-order valence-electron chi connectivity index (χ4n) is 2.54. The number of nitrogens with one attached hydrogen (secondary N) is 1. The molecule has 3 rings (SSSR count). The zero-order valence-corrected chi connectivity index (χ0v) is 11.4. The first-order chi connectivity index (χ1) is 9.72. The second kappa shape index (κ2) is 5.40. The lowest BCUT2D eigenvalue weighted by molar-refractivity contribution is -0.121. The van der Waals surface area contributed by atoms with Gasteiger partial charge in [-0.15, -0.1) is 0 Å². The summed E-state index contributed by atoms with van der Waals surface area (Å²) in [5, 5.41) is 7.39. The Balaban J connectivity index is 1.68. The van der Waals surface area contributed by atoms with Crippen LogP contribution in [0.25, 0.3) is 0 Å². The van der Waals surface area contributed by atoms with Crippen LogP contribution < -0.4 is 5.32 Å². The Morgan fingerprint density at radius 3 is 3.05 bits per heavy atom. The van der Waals surface area contributed by atoms with E-state index in [4.69, 9.17) is 0 Å². The van der Waals surface area contributed by atoms with Gasteiger partial charge in [-0.3, -0.25) is 9.78 Å². The van der Waals surface area contributed by atoms with E-state index in [1.54, 1.807) is 12.4 Å². The largest absolute Gasteiger partial charge is 0.346 e. The minimum Gasteiger partial charge on any atom is -0.346 e. The predicted octanol–water partition coefficient (Wildman–Crippen LogP) is 1.18. The third kappa shape index (κ3) is 2.68. The molecule has 0 fully saturated rings. The van der Waals surface area contributed by atoms with Crippen molar-refractivity contribution in [3.05, 3.63) is 41.7 Å². The van der Waals surface area contributed by atoms with Crippen LogP contribution in [0.5, 0.6) is 0 Å². The van der Waals surface area contributed by atoms with E-state index in [0.717, 1.165) is 36.6 Å².